The van der Waals surface area contributed by atoms with Gasteiger partial charge in [0.25, 0.3) is 0 Å². The van der Waals surface area contributed by atoms with Crippen molar-refractivity contribution in [3.8, 4) is 0 Å². The van der Waals surface area contributed by atoms with Crippen LogP contribution in [0.1, 0.15) is 12.0 Å². The van der Waals surface area contributed by atoms with Crippen LogP contribution in [-0.4, -0.2) is 37.1 Å². The Balaban J connectivity index is 1.63. The first-order chi connectivity index (χ1) is 11.4. The van der Waals surface area contributed by atoms with E-state index in [-0.39, 0.29) is 11.7 Å². The molecule has 3 atom stereocenters. The molecule has 2 heterocycles. The maximum absolute atomic E-state index is 13.4. The summed E-state index contributed by atoms with van der Waals surface area (Å²) < 4.78 is 40.8. The number of rotatable bonds is 3. The second-order valence-corrected chi connectivity index (χ2v) is 11.8. The van der Waals surface area contributed by atoms with Gasteiger partial charge in [-0.15, -0.1) is 0 Å². The van der Waals surface area contributed by atoms with E-state index in [1.54, 1.807) is 16.4 Å². The lowest BCUT2D eigenvalue weighted by atomic mass is 10.2. The van der Waals surface area contributed by atoms with Gasteiger partial charge >= 0.3 is 0 Å². The molecule has 126 valence electrons. The summed E-state index contributed by atoms with van der Waals surface area (Å²) in [4.78, 5) is 0.329. The zero-order chi connectivity index (χ0) is 16.9. The van der Waals surface area contributed by atoms with Gasteiger partial charge in [-0.2, -0.15) is 4.31 Å². The van der Waals surface area contributed by atoms with Crippen molar-refractivity contribution in [1.82, 2.24) is 4.31 Å². The number of fused-ring (bicyclic) bond motifs is 2. The Bertz CT molecular complexity index is 909. The van der Waals surface area contributed by atoms with Gasteiger partial charge in [-0.25, -0.2) is 8.42 Å². The fourth-order valence-corrected chi connectivity index (χ4v) is 9.43. The van der Waals surface area contributed by atoms with Crippen LogP contribution in [0.3, 0.4) is 0 Å². The highest BCUT2D eigenvalue weighted by Gasteiger charge is 2.55. The van der Waals surface area contributed by atoms with Crippen LogP contribution >= 0.6 is 7.14 Å². The number of aryl methyl sites for hydroxylation is 1. The van der Waals surface area contributed by atoms with Crippen molar-refractivity contribution in [2.24, 2.45) is 0 Å². The van der Waals surface area contributed by atoms with Crippen LogP contribution in [0.4, 0.5) is 0 Å². The van der Waals surface area contributed by atoms with E-state index in [1.807, 2.05) is 49.4 Å². The molecule has 4 nitrogen and oxygen atoms in total. The standard InChI is InChI=1S/C18H20NO3PS/c1-14-7-9-18(10-8-14)24(21,22)19-12-17-11-15(19)13-23(17,20)16-5-3-2-4-6-16/h2-10,15,17H,11-13H2,1H3/t15-,17-,23-/m0/s1. The first-order valence-corrected chi connectivity index (χ1v) is 11.5. The molecule has 2 fully saturated rings. The maximum atomic E-state index is 13.4. The van der Waals surface area contributed by atoms with Gasteiger partial charge in [0.05, 0.1) is 4.90 Å². The molecule has 2 aromatic carbocycles. The van der Waals surface area contributed by atoms with Crippen molar-refractivity contribution in [1.29, 1.82) is 0 Å². The molecule has 2 aromatic rings. The number of benzene rings is 2. The normalized spacial score (nSPS) is 29.9. The fourth-order valence-electron chi connectivity index (χ4n) is 3.93. The molecule has 0 radical (unpaired) electrons. The monoisotopic (exact) mass is 361 g/mol. The predicted octanol–water partition coefficient (Wildman–Crippen LogP) is 2.83. The zero-order valence-electron chi connectivity index (χ0n) is 13.5. The number of hydrogen-bond acceptors (Lipinski definition) is 3. The number of nitrogens with zero attached hydrogens (tertiary/aromatic N) is 1. The number of sulfonamides is 1. The SMILES string of the molecule is Cc1ccc(S(=O)(=O)N2C[C@@H]3C[C@H]2C[P@]3(=O)c2ccccc2)cc1. The lowest BCUT2D eigenvalue weighted by molar-refractivity contribution is 0.403. The summed E-state index contributed by atoms with van der Waals surface area (Å²) in [5.41, 5.74) is 0.982. The van der Waals surface area contributed by atoms with E-state index in [2.05, 4.69) is 0 Å². The second kappa shape index (κ2) is 5.55. The first-order valence-electron chi connectivity index (χ1n) is 8.14. The van der Waals surface area contributed by atoms with Crippen molar-refractivity contribution in [3.63, 3.8) is 0 Å². The third-order valence-electron chi connectivity index (χ3n) is 5.23. The molecule has 0 aromatic heterocycles. The van der Waals surface area contributed by atoms with E-state index in [0.717, 1.165) is 10.9 Å². The molecular weight excluding hydrogens is 341 g/mol. The summed E-state index contributed by atoms with van der Waals surface area (Å²) in [6, 6.07) is 16.4. The highest BCUT2D eigenvalue weighted by Crippen LogP contribution is 2.62. The van der Waals surface area contributed by atoms with Crippen LogP contribution in [-0.2, 0) is 14.6 Å². The van der Waals surface area contributed by atoms with E-state index in [4.69, 9.17) is 0 Å². The van der Waals surface area contributed by atoms with Crippen molar-refractivity contribution < 1.29 is 13.0 Å². The molecule has 4 rings (SSSR count). The summed E-state index contributed by atoms with van der Waals surface area (Å²) >= 11 is 0. The molecule has 0 spiro atoms. The second-order valence-electron chi connectivity index (χ2n) is 6.74. The quantitative estimate of drug-likeness (QED) is 0.790. The third kappa shape index (κ3) is 2.38. The molecule has 0 saturated carbocycles. The van der Waals surface area contributed by atoms with Crippen LogP contribution in [0.25, 0.3) is 0 Å². The summed E-state index contributed by atoms with van der Waals surface area (Å²) in [6.45, 7) is 2.30. The average molecular weight is 361 g/mol. The van der Waals surface area contributed by atoms with Gasteiger partial charge in [-0.05, 0) is 25.5 Å². The van der Waals surface area contributed by atoms with Gasteiger partial charge in [0.2, 0.25) is 10.0 Å². The van der Waals surface area contributed by atoms with Gasteiger partial charge in [0.15, 0.2) is 0 Å². The largest absolute Gasteiger partial charge is 0.318 e. The Labute approximate surface area is 142 Å². The third-order valence-corrected chi connectivity index (χ3v) is 10.9. The maximum Gasteiger partial charge on any atom is 0.243 e. The minimum absolute atomic E-state index is 0.0508. The van der Waals surface area contributed by atoms with Crippen molar-refractivity contribution in [2.45, 2.75) is 29.9 Å². The molecule has 0 aliphatic carbocycles. The molecule has 2 saturated heterocycles. The summed E-state index contributed by atoms with van der Waals surface area (Å²) in [5.74, 6) is 0. The molecule has 2 bridgehead atoms. The Morgan fingerprint density at radius 2 is 1.71 bits per heavy atom. The molecular formula is C18H20NO3PS. The molecule has 0 N–H and O–H groups in total. The van der Waals surface area contributed by atoms with Crippen LogP contribution in [0.5, 0.6) is 0 Å². The van der Waals surface area contributed by atoms with Crippen molar-refractivity contribution >= 4 is 22.5 Å². The predicted molar refractivity (Wildman–Crippen MR) is 95.8 cm³/mol. The summed E-state index contributed by atoms with van der Waals surface area (Å²) in [5, 5.41) is 0.893. The van der Waals surface area contributed by atoms with Crippen LogP contribution in [0, 0.1) is 6.92 Å². The fraction of sp³-hybridized carbons (Fsp3) is 0.333. The van der Waals surface area contributed by atoms with Crippen molar-refractivity contribution in [3.05, 3.63) is 60.2 Å². The molecule has 6 heteroatoms. The van der Waals surface area contributed by atoms with E-state index >= 15 is 0 Å². The highest BCUT2D eigenvalue weighted by atomic mass is 32.2. The summed E-state index contributed by atoms with van der Waals surface area (Å²) in [6.07, 6.45) is 1.17. The Kier molecular flexibility index (Phi) is 3.72. The lowest BCUT2D eigenvalue weighted by Gasteiger charge is -2.31. The molecule has 0 amide bonds. The van der Waals surface area contributed by atoms with Crippen LogP contribution in [0.15, 0.2) is 59.5 Å². The summed E-state index contributed by atoms with van der Waals surface area (Å²) in [7, 11) is -6.00. The zero-order valence-corrected chi connectivity index (χ0v) is 15.2. The van der Waals surface area contributed by atoms with E-state index in [1.165, 1.54) is 0 Å². The first kappa shape index (κ1) is 16.1. The van der Waals surface area contributed by atoms with Crippen LogP contribution < -0.4 is 5.30 Å². The highest BCUT2D eigenvalue weighted by molar-refractivity contribution is 7.89. The van der Waals surface area contributed by atoms with Gasteiger partial charge in [0.1, 0.15) is 7.14 Å². The topological polar surface area (TPSA) is 54.5 Å². The minimum atomic E-state index is -3.51. The van der Waals surface area contributed by atoms with E-state index in [9.17, 15) is 13.0 Å². The lowest BCUT2D eigenvalue weighted by Crippen LogP contribution is -2.41. The van der Waals surface area contributed by atoms with Crippen LogP contribution in [0.2, 0.25) is 0 Å². The van der Waals surface area contributed by atoms with Gasteiger partial charge in [-0.3, -0.25) is 0 Å². The Morgan fingerprint density at radius 3 is 2.29 bits per heavy atom. The van der Waals surface area contributed by atoms with Crippen molar-refractivity contribution in [2.75, 3.05) is 12.7 Å². The number of hydrogen-bond donors (Lipinski definition) is 0. The Hall–Kier alpha value is -1.42. The van der Waals surface area contributed by atoms with Gasteiger partial charge < -0.3 is 4.57 Å². The smallest absolute Gasteiger partial charge is 0.243 e. The average Bonchev–Trinajstić information content (AvgIpc) is 3.14. The Morgan fingerprint density at radius 1 is 1.04 bits per heavy atom. The molecule has 2 aliphatic rings. The molecule has 2 aliphatic heterocycles. The van der Waals surface area contributed by atoms with Gasteiger partial charge in [-0.1, -0.05) is 48.0 Å². The minimum Gasteiger partial charge on any atom is -0.318 e. The van der Waals surface area contributed by atoms with E-state index < -0.39 is 17.2 Å². The molecule has 24 heavy (non-hydrogen) atoms. The van der Waals surface area contributed by atoms with E-state index in [0.29, 0.717) is 24.0 Å². The molecule has 0 unspecified atom stereocenters. The van der Waals surface area contributed by atoms with Gasteiger partial charge in [0, 0.05) is 29.7 Å².